The Kier molecular flexibility index (Phi) is 7.56. The average Bonchev–Trinajstić information content (AvgIpc) is 2.89. The summed E-state index contributed by atoms with van der Waals surface area (Å²) in [5.41, 5.74) is 18.8. The Hall–Kier alpha value is -2.62. The average molecular weight is 394 g/mol. The van der Waals surface area contributed by atoms with Crippen molar-refractivity contribution in [2.24, 2.45) is 27.2 Å². The Morgan fingerprint density at radius 1 is 1.27 bits per heavy atom. The number of carbonyl (C=O) groups excluding carboxylic acids is 1. The number of benzene rings is 1. The number of hydrogen-bond acceptors (Lipinski definition) is 2. The van der Waals surface area contributed by atoms with Crippen LogP contribution in [0.1, 0.15) is 17.5 Å². The van der Waals surface area contributed by atoms with E-state index in [1.54, 1.807) is 6.07 Å². The van der Waals surface area contributed by atoms with Gasteiger partial charge in [-0.2, -0.15) is 18.2 Å². The molecule has 0 saturated heterocycles. The molecule has 0 amide bonds. The number of aldehydes is 1. The van der Waals surface area contributed by atoms with E-state index >= 15 is 0 Å². The van der Waals surface area contributed by atoms with Crippen LogP contribution in [-0.2, 0) is 11.2 Å². The highest BCUT2D eigenvalue weighted by molar-refractivity contribution is 6.30. The van der Waals surface area contributed by atoms with Crippen LogP contribution in [0.5, 0.6) is 0 Å². The summed E-state index contributed by atoms with van der Waals surface area (Å²) in [7, 11) is 0. The Labute approximate surface area is 151 Å². The molecule has 1 aliphatic rings. The molecule has 0 heterocycles. The van der Waals surface area contributed by atoms with E-state index in [9.17, 15) is 17.6 Å². The van der Waals surface area contributed by atoms with Crippen LogP contribution in [0.25, 0.3) is 5.57 Å². The summed E-state index contributed by atoms with van der Waals surface area (Å²) >= 11 is 5.76. The number of alkyl halides is 3. The highest BCUT2D eigenvalue weighted by atomic mass is 35.5. The van der Waals surface area contributed by atoms with Crippen molar-refractivity contribution in [1.29, 1.82) is 0 Å². The standard InChI is InChI=1S/C13H15ClFN5.C2HF3O/c14-10-5-8-2-1-7(9(8)6-11(10)15)3-4-19-13(18)20-12(16)17;3-2(4,5)1-6/h1,5-6H,2-4H2,(H6,16,17,18,19,20);1H. The Morgan fingerprint density at radius 3 is 2.42 bits per heavy atom. The minimum absolute atomic E-state index is 0.0334. The second-order valence-corrected chi connectivity index (χ2v) is 5.45. The van der Waals surface area contributed by atoms with Gasteiger partial charge in [0.15, 0.2) is 5.96 Å². The molecule has 0 radical (unpaired) electrons. The molecule has 2 rings (SSSR count). The summed E-state index contributed by atoms with van der Waals surface area (Å²) in [5, 5.41) is 0.147. The van der Waals surface area contributed by atoms with Gasteiger partial charge in [0.25, 0.3) is 0 Å². The Morgan fingerprint density at radius 2 is 1.88 bits per heavy atom. The molecule has 11 heteroatoms. The van der Waals surface area contributed by atoms with Crippen LogP contribution >= 0.6 is 11.6 Å². The molecule has 1 aromatic rings. The predicted molar refractivity (Wildman–Crippen MR) is 92.1 cm³/mol. The SMILES string of the molecule is NC(N)=NC(N)=NCCC1=CCc2cc(Cl)c(F)cc21.O=CC(F)(F)F. The number of fused-ring (bicyclic) bond motifs is 1. The number of hydrogen-bond donors (Lipinski definition) is 3. The third-order valence-corrected chi connectivity index (χ3v) is 3.38. The minimum atomic E-state index is -4.64. The molecule has 0 fully saturated rings. The number of nitrogens with zero attached hydrogens (tertiary/aromatic N) is 2. The van der Waals surface area contributed by atoms with Crippen LogP contribution in [0.15, 0.2) is 28.2 Å². The third-order valence-electron chi connectivity index (χ3n) is 3.09. The van der Waals surface area contributed by atoms with Crippen LogP contribution in [0.3, 0.4) is 0 Å². The van der Waals surface area contributed by atoms with Gasteiger partial charge < -0.3 is 17.2 Å². The van der Waals surface area contributed by atoms with E-state index in [1.165, 1.54) is 6.07 Å². The molecule has 0 unspecified atom stereocenters. The first-order valence-electron chi connectivity index (χ1n) is 7.13. The zero-order valence-electron chi connectivity index (χ0n) is 13.4. The molecule has 6 nitrogen and oxygen atoms in total. The summed E-state index contributed by atoms with van der Waals surface area (Å²) in [4.78, 5) is 16.3. The van der Waals surface area contributed by atoms with Crippen molar-refractivity contribution in [3.63, 3.8) is 0 Å². The van der Waals surface area contributed by atoms with E-state index in [0.717, 1.165) is 23.1 Å². The lowest BCUT2D eigenvalue weighted by Crippen LogP contribution is -2.26. The number of aliphatic imine (C=N–C) groups is 2. The maximum Gasteiger partial charge on any atom is 0.446 e. The van der Waals surface area contributed by atoms with Gasteiger partial charge in [-0.05, 0) is 41.7 Å². The van der Waals surface area contributed by atoms with Gasteiger partial charge in [-0.3, -0.25) is 9.79 Å². The second-order valence-electron chi connectivity index (χ2n) is 5.04. The molecule has 26 heavy (non-hydrogen) atoms. The molecular weight excluding hydrogens is 378 g/mol. The zero-order valence-corrected chi connectivity index (χ0v) is 14.1. The highest BCUT2D eigenvalue weighted by Crippen LogP contribution is 2.33. The van der Waals surface area contributed by atoms with Crippen LogP contribution in [0.4, 0.5) is 17.6 Å². The van der Waals surface area contributed by atoms with E-state index in [-0.39, 0.29) is 16.9 Å². The second kappa shape index (κ2) is 9.18. The lowest BCUT2D eigenvalue weighted by molar-refractivity contribution is -0.156. The molecule has 0 atom stereocenters. The quantitative estimate of drug-likeness (QED) is 0.315. The minimum Gasteiger partial charge on any atom is -0.370 e. The molecule has 0 saturated carbocycles. The topological polar surface area (TPSA) is 120 Å². The largest absolute Gasteiger partial charge is 0.446 e. The molecule has 0 aromatic heterocycles. The van der Waals surface area contributed by atoms with E-state index < -0.39 is 18.3 Å². The summed E-state index contributed by atoms with van der Waals surface area (Å²) in [6.45, 7) is 0.429. The number of guanidine groups is 2. The van der Waals surface area contributed by atoms with Gasteiger partial charge in [-0.15, -0.1) is 0 Å². The monoisotopic (exact) mass is 393 g/mol. The molecule has 0 aliphatic heterocycles. The number of allylic oxidation sites excluding steroid dienone is 1. The van der Waals surface area contributed by atoms with Crippen molar-refractivity contribution < 1.29 is 22.4 Å². The summed E-state index contributed by atoms with van der Waals surface area (Å²) in [6, 6.07) is 3.12. The van der Waals surface area contributed by atoms with Crippen molar-refractivity contribution in [3.05, 3.63) is 40.2 Å². The van der Waals surface area contributed by atoms with Gasteiger partial charge in [0.1, 0.15) is 5.82 Å². The van der Waals surface area contributed by atoms with Crippen LogP contribution in [0.2, 0.25) is 5.02 Å². The van der Waals surface area contributed by atoms with Crippen LogP contribution in [0, 0.1) is 5.82 Å². The fourth-order valence-electron chi connectivity index (χ4n) is 2.09. The first-order chi connectivity index (χ1) is 12.0. The van der Waals surface area contributed by atoms with Crippen molar-refractivity contribution in [2.75, 3.05) is 6.54 Å². The van der Waals surface area contributed by atoms with Crippen molar-refractivity contribution >= 4 is 35.4 Å². The lowest BCUT2D eigenvalue weighted by Gasteiger charge is -2.06. The fourth-order valence-corrected chi connectivity index (χ4v) is 2.28. The van der Waals surface area contributed by atoms with Gasteiger partial charge in [-0.25, -0.2) is 4.39 Å². The number of halogens is 5. The molecule has 0 spiro atoms. The molecule has 6 N–H and O–H groups in total. The fraction of sp³-hybridized carbons (Fsp3) is 0.267. The number of rotatable bonds is 3. The maximum atomic E-state index is 13.5. The van der Waals surface area contributed by atoms with Gasteiger partial charge in [0.05, 0.1) is 5.02 Å². The normalized spacial score (nSPS) is 13.3. The van der Waals surface area contributed by atoms with Crippen molar-refractivity contribution in [2.45, 2.75) is 19.0 Å². The number of carbonyl (C=O) groups is 1. The third kappa shape index (κ3) is 7.09. The lowest BCUT2D eigenvalue weighted by atomic mass is 10.0. The van der Waals surface area contributed by atoms with Crippen molar-refractivity contribution in [3.8, 4) is 0 Å². The maximum absolute atomic E-state index is 13.5. The predicted octanol–water partition coefficient (Wildman–Crippen LogP) is 2.14. The molecule has 1 aliphatic carbocycles. The highest BCUT2D eigenvalue weighted by Gasteiger charge is 2.24. The van der Waals surface area contributed by atoms with E-state index in [1.807, 2.05) is 6.08 Å². The molecule has 0 bridgehead atoms. The van der Waals surface area contributed by atoms with Gasteiger partial charge >= 0.3 is 6.18 Å². The molecular formula is C15H16ClF4N5O. The zero-order chi connectivity index (χ0) is 19.9. The van der Waals surface area contributed by atoms with Gasteiger partial charge in [0, 0.05) is 6.54 Å². The van der Waals surface area contributed by atoms with Crippen molar-refractivity contribution in [1.82, 2.24) is 0 Å². The van der Waals surface area contributed by atoms with Crippen LogP contribution < -0.4 is 17.2 Å². The molecule has 142 valence electrons. The molecule has 1 aromatic carbocycles. The van der Waals surface area contributed by atoms with E-state index in [2.05, 4.69) is 9.98 Å². The van der Waals surface area contributed by atoms with E-state index in [0.29, 0.717) is 13.0 Å². The van der Waals surface area contributed by atoms with Gasteiger partial charge in [0.2, 0.25) is 12.2 Å². The summed E-state index contributed by atoms with van der Waals surface area (Å²) in [5.74, 6) is -0.513. The number of nitrogens with two attached hydrogens (primary N) is 3. The first-order valence-corrected chi connectivity index (χ1v) is 7.51. The summed E-state index contributed by atoms with van der Waals surface area (Å²) < 4.78 is 44.7. The first kappa shape index (κ1) is 21.4. The van der Waals surface area contributed by atoms with Gasteiger partial charge in [-0.1, -0.05) is 17.7 Å². The summed E-state index contributed by atoms with van der Waals surface area (Å²) in [6.07, 6.45) is -2.29. The Balaban J connectivity index is 0.000000487. The Bertz CT molecular complexity index is 755. The van der Waals surface area contributed by atoms with E-state index in [4.69, 9.17) is 33.6 Å². The smallest absolute Gasteiger partial charge is 0.370 e. The van der Waals surface area contributed by atoms with Crippen LogP contribution in [-0.4, -0.2) is 30.9 Å².